The van der Waals surface area contributed by atoms with Crippen LogP contribution in [0, 0.1) is 0 Å². The molecule has 1 aliphatic rings. The third-order valence-electron chi connectivity index (χ3n) is 4.80. The van der Waals surface area contributed by atoms with Crippen LogP contribution in [0.2, 0.25) is 0 Å². The summed E-state index contributed by atoms with van der Waals surface area (Å²) in [5.74, 6) is 0.510. The van der Waals surface area contributed by atoms with Gasteiger partial charge in [-0.15, -0.1) is 16.4 Å². The summed E-state index contributed by atoms with van der Waals surface area (Å²) in [5.41, 5.74) is 2.90. The Labute approximate surface area is 159 Å². The van der Waals surface area contributed by atoms with Crippen LogP contribution in [-0.4, -0.2) is 49.1 Å². The van der Waals surface area contributed by atoms with Gasteiger partial charge in [0.15, 0.2) is 0 Å². The number of carbonyl (C=O) groups is 1. The first-order valence-electron chi connectivity index (χ1n) is 8.72. The molecule has 1 amide bonds. The van der Waals surface area contributed by atoms with Crippen molar-refractivity contribution >= 4 is 27.5 Å². The molecular formula is C19H16N6OS. The molecule has 0 unspecified atom stereocenters. The average Bonchev–Trinajstić information content (AvgIpc) is 3.31. The summed E-state index contributed by atoms with van der Waals surface area (Å²) in [4.78, 5) is 19.1. The fourth-order valence-corrected chi connectivity index (χ4v) is 4.29. The highest BCUT2D eigenvalue weighted by atomic mass is 32.1. The Morgan fingerprint density at radius 3 is 2.67 bits per heavy atom. The van der Waals surface area contributed by atoms with E-state index in [2.05, 4.69) is 21.6 Å². The maximum atomic E-state index is 12.5. The summed E-state index contributed by atoms with van der Waals surface area (Å²) in [6.45, 7) is 1.50. The molecule has 5 rings (SSSR count). The lowest BCUT2D eigenvalue weighted by molar-refractivity contribution is -0.134. The number of hydrogen-bond acceptors (Lipinski definition) is 6. The normalized spacial score (nSPS) is 14.4. The minimum absolute atomic E-state index is 0.155. The zero-order chi connectivity index (χ0) is 18.2. The molecular weight excluding hydrogens is 360 g/mol. The van der Waals surface area contributed by atoms with E-state index in [4.69, 9.17) is 4.98 Å². The fourth-order valence-electron chi connectivity index (χ4n) is 3.24. The van der Waals surface area contributed by atoms with Crippen molar-refractivity contribution in [1.82, 2.24) is 30.1 Å². The molecule has 27 heavy (non-hydrogen) atoms. The number of thiazole rings is 1. The van der Waals surface area contributed by atoms with Gasteiger partial charge in [0.25, 0.3) is 0 Å². The molecule has 0 bridgehead atoms. The van der Waals surface area contributed by atoms with Crippen LogP contribution >= 0.6 is 11.3 Å². The van der Waals surface area contributed by atoms with Gasteiger partial charge in [-0.3, -0.25) is 4.79 Å². The zero-order valence-corrected chi connectivity index (χ0v) is 15.2. The lowest BCUT2D eigenvalue weighted by atomic mass is 9.99. The quantitative estimate of drug-likeness (QED) is 0.547. The van der Waals surface area contributed by atoms with Gasteiger partial charge in [-0.1, -0.05) is 24.3 Å². The molecule has 2 aromatic heterocycles. The number of hydrogen-bond donors (Lipinski definition) is 0. The van der Waals surface area contributed by atoms with Gasteiger partial charge >= 0.3 is 0 Å². The molecule has 0 saturated carbocycles. The number of rotatable bonds is 4. The van der Waals surface area contributed by atoms with Crippen LogP contribution in [0.25, 0.3) is 15.9 Å². The summed E-state index contributed by atoms with van der Waals surface area (Å²) in [6.07, 6.45) is 1.95. The maximum Gasteiger partial charge on any atom is 0.227 e. The first-order chi connectivity index (χ1) is 13.3. The highest BCUT2D eigenvalue weighted by molar-refractivity contribution is 7.18. The van der Waals surface area contributed by atoms with Gasteiger partial charge in [-0.05, 0) is 40.3 Å². The molecule has 1 saturated heterocycles. The average molecular weight is 376 g/mol. The predicted molar refractivity (Wildman–Crippen MR) is 102 cm³/mol. The molecule has 1 fully saturated rings. The van der Waals surface area contributed by atoms with Crippen molar-refractivity contribution in [3.8, 4) is 5.69 Å². The number of para-hydroxylation sites is 1. The first-order valence-corrected chi connectivity index (χ1v) is 9.53. The Balaban J connectivity index is 1.20. The van der Waals surface area contributed by atoms with Crippen molar-refractivity contribution in [2.24, 2.45) is 0 Å². The molecule has 0 aliphatic carbocycles. The van der Waals surface area contributed by atoms with E-state index in [1.165, 1.54) is 4.70 Å². The SMILES string of the molecule is O=C(Cc1ccc(-n2cnnn2)cc1)N1CC(c2nc3ccccc3s2)C1. The number of carbonyl (C=O) groups excluding carboxylic acids is 1. The van der Waals surface area contributed by atoms with Crippen LogP contribution in [-0.2, 0) is 11.2 Å². The Morgan fingerprint density at radius 1 is 1.11 bits per heavy atom. The molecule has 7 nitrogen and oxygen atoms in total. The van der Waals surface area contributed by atoms with Crippen LogP contribution in [0.5, 0.6) is 0 Å². The largest absolute Gasteiger partial charge is 0.341 e. The van der Waals surface area contributed by atoms with Crippen LogP contribution < -0.4 is 0 Å². The summed E-state index contributed by atoms with van der Waals surface area (Å²) >= 11 is 1.73. The number of aromatic nitrogens is 5. The van der Waals surface area contributed by atoms with E-state index >= 15 is 0 Å². The summed E-state index contributed by atoms with van der Waals surface area (Å²) in [6, 6.07) is 15.9. The number of nitrogens with zero attached hydrogens (tertiary/aromatic N) is 6. The third-order valence-corrected chi connectivity index (χ3v) is 6.00. The Hall–Kier alpha value is -3.13. The second-order valence-electron chi connectivity index (χ2n) is 6.61. The van der Waals surface area contributed by atoms with E-state index in [1.54, 1.807) is 22.3 Å². The summed E-state index contributed by atoms with van der Waals surface area (Å²) < 4.78 is 2.80. The van der Waals surface area contributed by atoms with Crippen molar-refractivity contribution < 1.29 is 4.79 Å². The Morgan fingerprint density at radius 2 is 1.93 bits per heavy atom. The minimum atomic E-state index is 0.155. The minimum Gasteiger partial charge on any atom is -0.341 e. The number of amides is 1. The van der Waals surface area contributed by atoms with Crippen molar-refractivity contribution in [2.75, 3.05) is 13.1 Å². The second-order valence-corrected chi connectivity index (χ2v) is 7.68. The number of fused-ring (bicyclic) bond motifs is 1. The Kier molecular flexibility index (Phi) is 3.90. The smallest absolute Gasteiger partial charge is 0.227 e. The first kappa shape index (κ1) is 16.1. The van der Waals surface area contributed by atoms with Crippen LogP contribution in [0.15, 0.2) is 54.9 Å². The molecule has 1 aliphatic heterocycles. The third kappa shape index (κ3) is 3.08. The monoisotopic (exact) mass is 376 g/mol. The predicted octanol–water partition coefficient (Wildman–Crippen LogP) is 2.44. The summed E-state index contributed by atoms with van der Waals surface area (Å²) in [7, 11) is 0. The highest BCUT2D eigenvalue weighted by Gasteiger charge is 2.33. The molecule has 0 spiro atoms. The molecule has 4 aromatic rings. The van der Waals surface area contributed by atoms with Crippen LogP contribution in [0.3, 0.4) is 0 Å². The van der Waals surface area contributed by atoms with Crippen molar-refractivity contribution in [2.45, 2.75) is 12.3 Å². The number of benzene rings is 2. The molecule has 0 radical (unpaired) electrons. The van der Waals surface area contributed by atoms with Gasteiger partial charge in [0.1, 0.15) is 11.3 Å². The standard InChI is InChI=1S/C19H16N6OS/c26-18(9-13-5-7-15(8-6-13)25-12-20-22-23-25)24-10-14(11-24)19-21-16-3-1-2-4-17(16)27-19/h1-8,12,14H,9-11H2. The fraction of sp³-hybridized carbons (Fsp3) is 0.211. The van der Waals surface area contributed by atoms with E-state index < -0.39 is 0 Å². The van der Waals surface area contributed by atoms with Gasteiger partial charge < -0.3 is 4.90 Å². The lowest BCUT2D eigenvalue weighted by Gasteiger charge is -2.38. The van der Waals surface area contributed by atoms with E-state index in [-0.39, 0.29) is 5.91 Å². The van der Waals surface area contributed by atoms with E-state index in [0.717, 1.165) is 34.9 Å². The van der Waals surface area contributed by atoms with Gasteiger partial charge in [-0.25, -0.2) is 9.67 Å². The van der Waals surface area contributed by atoms with E-state index in [1.807, 2.05) is 47.4 Å². The molecule has 8 heteroatoms. The van der Waals surface area contributed by atoms with Crippen molar-refractivity contribution in [1.29, 1.82) is 0 Å². The van der Waals surface area contributed by atoms with Crippen molar-refractivity contribution in [3.05, 3.63) is 65.4 Å². The van der Waals surface area contributed by atoms with E-state index in [0.29, 0.717) is 12.3 Å². The van der Waals surface area contributed by atoms with Crippen LogP contribution in [0.1, 0.15) is 16.5 Å². The zero-order valence-electron chi connectivity index (χ0n) is 14.4. The lowest BCUT2D eigenvalue weighted by Crippen LogP contribution is -2.49. The number of tetrazole rings is 1. The van der Waals surface area contributed by atoms with Gasteiger partial charge in [0, 0.05) is 19.0 Å². The van der Waals surface area contributed by atoms with Gasteiger partial charge in [0.05, 0.1) is 22.3 Å². The molecule has 134 valence electrons. The topological polar surface area (TPSA) is 76.8 Å². The number of likely N-dealkylation sites (tertiary alicyclic amines) is 1. The molecule has 0 N–H and O–H groups in total. The summed E-state index contributed by atoms with van der Waals surface area (Å²) in [5, 5.41) is 12.2. The van der Waals surface area contributed by atoms with Crippen molar-refractivity contribution in [3.63, 3.8) is 0 Å². The molecule has 3 heterocycles. The highest BCUT2D eigenvalue weighted by Crippen LogP contribution is 2.33. The molecule has 0 atom stereocenters. The molecule has 2 aromatic carbocycles. The maximum absolute atomic E-state index is 12.5. The Bertz CT molecular complexity index is 1050. The van der Waals surface area contributed by atoms with E-state index in [9.17, 15) is 4.79 Å². The van der Waals surface area contributed by atoms with Crippen LogP contribution in [0.4, 0.5) is 0 Å². The van der Waals surface area contributed by atoms with Gasteiger partial charge in [-0.2, -0.15) is 0 Å². The second kappa shape index (κ2) is 6.55. The van der Waals surface area contributed by atoms with Gasteiger partial charge in [0.2, 0.25) is 5.91 Å².